The van der Waals surface area contributed by atoms with Gasteiger partial charge in [-0.15, -0.1) is 13.2 Å². The van der Waals surface area contributed by atoms with Crippen molar-refractivity contribution in [1.29, 1.82) is 0 Å². The highest BCUT2D eigenvalue weighted by Gasteiger charge is 2.20. The lowest BCUT2D eigenvalue weighted by Gasteiger charge is -2.27. The summed E-state index contributed by atoms with van der Waals surface area (Å²) in [5, 5.41) is 0. The summed E-state index contributed by atoms with van der Waals surface area (Å²) in [5.74, 6) is -0.182. The second kappa shape index (κ2) is 12.6. The molecule has 1 aromatic carbocycles. The minimum Gasteiger partial charge on any atom is -0.462 e. The summed E-state index contributed by atoms with van der Waals surface area (Å²) in [6.45, 7) is 16.6. The van der Waals surface area contributed by atoms with Gasteiger partial charge in [0.25, 0.3) is 0 Å². The van der Waals surface area contributed by atoms with Crippen LogP contribution in [0, 0.1) is 26.2 Å². The van der Waals surface area contributed by atoms with Crippen LogP contribution in [0.3, 0.4) is 0 Å². The first kappa shape index (κ1) is 24.2. The van der Waals surface area contributed by atoms with E-state index in [0.29, 0.717) is 12.0 Å². The van der Waals surface area contributed by atoms with Crippen molar-refractivity contribution in [3.05, 3.63) is 59.7 Å². The van der Waals surface area contributed by atoms with Gasteiger partial charge in [-0.05, 0) is 63.0 Å². The highest BCUT2D eigenvalue weighted by molar-refractivity contribution is 5.92. The van der Waals surface area contributed by atoms with Gasteiger partial charge in [-0.1, -0.05) is 68.9 Å². The molecule has 0 saturated heterocycles. The monoisotopic (exact) mass is 384 g/mol. The Hall–Kier alpha value is -1.83. The van der Waals surface area contributed by atoms with Gasteiger partial charge in [-0.25, -0.2) is 4.79 Å². The summed E-state index contributed by atoms with van der Waals surface area (Å²) in [5.41, 5.74) is 4.24. The Balaban J connectivity index is 2.17. The Kier molecular flexibility index (Phi) is 10.9. The molecule has 0 bridgehead atoms. The number of carbonyl (C=O) groups excluding carboxylic acids is 1. The smallest absolute Gasteiger partial charge is 0.338 e. The lowest BCUT2D eigenvalue weighted by Crippen LogP contribution is -2.14. The van der Waals surface area contributed by atoms with Gasteiger partial charge in [0.05, 0.1) is 12.2 Å². The van der Waals surface area contributed by atoms with Gasteiger partial charge in [0.1, 0.15) is 0 Å². The first-order valence-electron chi connectivity index (χ1n) is 10.8. The van der Waals surface area contributed by atoms with Gasteiger partial charge in [-0.2, -0.15) is 0 Å². The molecule has 0 aliphatic heterocycles. The first-order chi connectivity index (χ1) is 13.3. The molecule has 0 unspecified atom stereocenters. The zero-order chi connectivity index (χ0) is 21.0. The zero-order valence-electron chi connectivity index (χ0n) is 18.6. The van der Waals surface area contributed by atoms with Gasteiger partial charge in [-0.3, -0.25) is 0 Å². The van der Waals surface area contributed by atoms with Crippen LogP contribution in [0.5, 0.6) is 0 Å². The number of hydrogen-bond donors (Lipinski definition) is 0. The lowest BCUT2D eigenvalue weighted by atomic mass is 9.78. The Labute approximate surface area is 173 Å². The molecule has 0 aliphatic carbocycles. The predicted octanol–water partition coefficient (Wildman–Crippen LogP) is 7.66. The fourth-order valence-electron chi connectivity index (χ4n) is 4.08. The van der Waals surface area contributed by atoms with Crippen LogP contribution in [-0.2, 0) is 4.74 Å². The van der Waals surface area contributed by atoms with Crippen LogP contribution in [0.25, 0.3) is 0 Å². The molecule has 0 amide bonds. The number of hydrogen-bond acceptors (Lipinski definition) is 2. The maximum Gasteiger partial charge on any atom is 0.338 e. The molecular formula is C26H40O2. The van der Waals surface area contributed by atoms with Crippen LogP contribution in [0.2, 0.25) is 0 Å². The van der Waals surface area contributed by atoms with Crippen LogP contribution < -0.4 is 0 Å². The topological polar surface area (TPSA) is 26.3 Å². The van der Waals surface area contributed by atoms with Crippen molar-refractivity contribution in [2.45, 2.75) is 85.5 Å². The summed E-state index contributed by atoms with van der Waals surface area (Å²) in [6.07, 6.45) is 14.5. The Morgan fingerprint density at radius 3 is 1.96 bits per heavy atom. The Bertz CT molecular complexity index is 609. The molecule has 156 valence electrons. The van der Waals surface area contributed by atoms with Gasteiger partial charge >= 0.3 is 5.97 Å². The Morgan fingerprint density at radius 1 is 0.929 bits per heavy atom. The summed E-state index contributed by atoms with van der Waals surface area (Å²) in [6, 6.07) is 4.08. The van der Waals surface area contributed by atoms with E-state index in [9.17, 15) is 4.79 Å². The third kappa shape index (κ3) is 8.46. The molecule has 0 heterocycles. The molecule has 0 atom stereocenters. The molecule has 0 radical (unpaired) electrons. The summed E-state index contributed by atoms with van der Waals surface area (Å²) in [4.78, 5) is 12.3. The number of esters is 1. The van der Waals surface area contributed by atoms with Crippen molar-refractivity contribution in [1.82, 2.24) is 0 Å². The predicted molar refractivity (Wildman–Crippen MR) is 121 cm³/mol. The molecule has 1 rings (SSSR count). The highest BCUT2D eigenvalue weighted by atomic mass is 16.5. The molecule has 2 heteroatoms. The number of ether oxygens (including phenoxy) is 1. The van der Waals surface area contributed by atoms with Gasteiger partial charge in [0.2, 0.25) is 0 Å². The van der Waals surface area contributed by atoms with Crippen molar-refractivity contribution in [3.63, 3.8) is 0 Å². The fourth-order valence-corrected chi connectivity index (χ4v) is 4.08. The van der Waals surface area contributed by atoms with Gasteiger partial charge < -0.3 is 4.74 Å². The maximum atomic E-state index is 12.3. The maximum absolute atomic E-state index is 12.3. The molecule has 0 aliphatic rings. The number of benzene rings is 1. The molecule has 28 heavy (non-hydrogen) atoms. The van der Waals surface area contributed by atoms with Gasteiger partial charge in [0.15, 0.2) is 0 Å². The van der Waals surface area contributed by atoms with Crippen molar-refractivity contribution < 1.29 is 9.53 Å². The summed E-state index contributed by atoms with van der Waals surface area (Å²) >= 11 is 0. The van der Waals surface area contributed by atoms with Crippen LogP contribution in [0.15, 0.2) is 37.4 Å². The number of unbranched alkanes of at least 4 members (excludes halogenated alkanes) is 5. The Morgan fingerprint density at radius 2 is 1.43 bits per heavy atom. The second-order valence-electron chi connectivity index (χ2n) is 8.58. The van der Waals surface area contributed by atoms with E-state index in [1.807, 2.05) is 38.1 Å². The molecule has 0 aromatic heterocycles. The number of aryl methyl sites for hydroxylation is 3. The third-order valence-electron chi connectivity index (χ3n) is 5.56. The molecule has 2 nitrogen and oxygen atoms in total. The van der Waals surface area contributed by atoms with Crippen LogP contribution >= 0.6 is 0 Å². The largest absolute Gasteiger partial charge is 0.462 e. The van der Waals surface area contributed by atoms with Crippen molar-refractivity contribution in [2.24, 2.45) is 5.41 Å². The highest BCUT2D eigenvalue weighted by Crippen LogP contribution is 2.33. The van der Waals surface area contributed by atoms with E-state index in [-0.39, 0.29) is 5.97 Å². The number of carbonyl (C=O) groups is 1. The van der Waals surface area contributed by atoms with Gasteiger partial charge in [0, 0.05) is 0 Å². The van der Waals surface area contributed by atoms with Crippen LogP contribution in [-0.4, -0.2) is 12.6 Å². The first-order valence-corrected chi connectivity index (χ1v) is 10.8. The second-order valence-corrected chi connectivity index (χ2v) is 8.58. The molecule has 1 aromatic rings. The average Bonchev–Trinajstić information content (AvgIpc) is 2.59. The fraction of sp³-hybridized carbons (Fsp3) is 0.577. The van der Waals surface area contributed by atoms with E-state index in [1.54, 1.807) is 0 Å². The number of rotatable bonds is 14. The quantitative estimate of drug-likeness (QED) is 0.187. The van der Waals surface area contributed by atoms with Crippen LogP contribution in [0.1, 0.15) is 91.8 Å². The minimum atomic E-state index is -0.182. The molecule has 0 saturated carbocycles. The summed E-state index contributed by atoms with van der Waals surface area (Å²) in [7, 11) is 0. The van der Waals surface area contributed by atoms with E-state index >= 15 is 0 Å². The van der Waals surface area contributed by atoms with E-state index < -0.39 is 0 Å². The summed E-state index contributed by atoms with van der Waals surface area (Å²) < 4.78 is 5.50. The molecule has 0 fully saturated rings. The third-order valence-corrected chi connectivity index (χ3v) is 5.56. The van der Waals surface area contributed by atoms with Crippen LogP contribution in [0.4, 0.5) is 0 Å². The van der Waals surface area contributed by atoms with Crippen molar-refractivity contribution in [3.8, 4) is 0 Å². The van der Waals surface area contributed by atoms with Crippen molar-refractivity contribution in [2.75, 3.05) is 6.61 Å². The number of allylic oxidation sites excluding steroid dienone is 2. The average molecular weight is 385 g/mol. The normalized spacial score (nSPS) is 11.3. The van der Waals surface area contributed by atoms with E-state index in [0.717, 1.165) is 42.4 Å². The standard InChI is InChI=1S/C26H40O2/c1-7-15-26(6,16-8-2)17-13-11-9-10-12-14-18-28-25(27)24-22(4)19-21(3)20-23(24)5/h7-8,19-20H,1-2,9-18H2,3-6H3. The molecular weight excluding hydrogens is 344 g/mol. The minimum absolute atomic E-state index is 0.182. The van der Waals surface area contributed by atoms with E-state index in [4.69, 9.17) is 4.74 Å². The zero-order valence-corrected chi connectivity index (χ0v) is 18.6. The van der Waals surface area contributed by atoms with E-state index in [1.165, 1.54) is 37.7 Å². The molecule has 0 spiro atoms. The SMILES string of the molecule is C=CCC(C)(CC=C)CCCCCCCCOC(=O)c1c(C)cc(C)cc1C. The van der Waals surface area contributed by atoms with Crippen molar-refractivity contribution >= 4 is 5.97 Å². The van der Waals surface area contributed by atoms with E-state index in [2.05, 4.69) is 27.0 Å². The molecule has 0 N–H and O–H groups in total. The lowest BCUT2D eigenvalue weighted by molar-refractivity contribution is 0.0496.